The normalized spacial score (nSPS) is 13.6. The van der Waals surface area contributed by atoms with Crippen LogP contribution < -0.4 is 10.1 Å². The molecule has 0 heterocycles. The van der Waals surface area contributed by atoms with E-state index < -0.39 is 0 Å². The summed E-state index contributed by atoms with van der Waals surface area (Å²) < 4.78 is 6.96. The molecule has 0 saturated heterocycles. The Morgan fingerprint density at radius 3 is 2.50 bits per heavy atom. The number of nitrogens with zero attached hydrogens (tertiary/aromatic N) is 1. The van der Waals surface area contributed by atoms with E-state index in [1.165, 1.54) is 5.56 Å². The summed E-state index contributed by atoms with van der Waals surface area (Å²) in [4.78, 5) is 2.17. The van der Waals surface area contributed by atoms with Gasteiger partial charge < -0.3 is 15.0 Å². The Kier molecular flexibility index (Phi) is 6.49. The van der Waals surface area contributed by atoms with Gasteiger partial charge in [0.1, 0.15) is 12.4 Å². The molecule has 0 saturated carbocycles. The third kappa shape index (κ3) is 4.76. The lowest BCUT2D eigenvalue weighted by molar-refractivity contribution is 0.113. The Labute approximate surface area is 131 Å². The van der Waals surface area contributed by atoms with Gasteiger partial charge in [-0.25, -0.2) is 0 Å². The Bertz CT molecular complexity index is 432. The van der Waals surface area contributed by atoms with Crippen molar-refractivity contribution in [3.63, 3.8) is 0 Å². The van der Waals surface area contributed by atoms with Crippen LogP contribution in [0.15, 0.2) is 22.7 Å². The van der Waals surface area contributed by atoms with E-state index in [1.54, 1.807) is 0 Å². The number of ether oxygens (including phenoxy) is 1. The SMILES string of the molecule is CCNC(C)c1ccc(OCC(C)(C)N(C)C)c(Br)c1. The van der Waals surface area contributed by atoms with Crippen LogP contribution in [0.5, 0.6) is 5.75 Å². The molecule has 1 unspecified atom stereocenters. The van der Waals surface area contributed by atoms with Gasteiger partial charge in [0.2, 0.25) is 0 Å². The molecular weight excluding hydrogens is 316 g/mol. The Morgan fingerprint density at radius 1 is 1.35 bits per heavy atom. The fourth-order valence-corrected chi connectivity index (χ4v) is 2.22. The fraction of sp³-hybridized carbons (Fsp3) is 0.625. The third-order valence-corrected chi connectivity index (χ3v) is 4.38. The highest BCUT2D eigenvalue weighted by Gasteiger charge is 2.21. The Balaban J connectivity index is 2.74. The van der Waals surface area contributed by atoms with Crippen LogP contribution in [0.25, 0.3) is 0 Å². The molecule has 0 radical (unpaired) electrons. The third-order valence-electron chi connectivity index (χ3n) is 3.76. The van der Waals surface area contributed by atoms with Crippen LogP contribution in [0.2, 0.25) is 0 Å². The zero-order valence-corrected chi connectivity index (χ0v) is 15.0. The number of hydrogen-bond donors (Lipinski definition) is 1. The lowest BCUT2D eigenvalue weighted by Gasteiger charge is -2.32. The van der Waals surface area contributed by atoms with Crippen molar-refractivity contribution in [1.29, 1.82) is 0 Å². The van der Waals surface area contributed by atoms with Crippen LogP contribution in [0.1, 0.15) is 39.3 Å². The minimum Gasteiger partial charge on any atom is -0.491 e. The van der Waals surface area contributed by atoms with E-state index in [4.69, 9.17) is 4.74 Å². The van der Waals surface area contributed by atoms with Crippen LogP contribution in [-0.4, -0.2) is 37.7 Å². The first-order valence-corrected chi connectivity index (χ1v) is 7.90. The highest BCUT2D eigenvalue weighted by atomic mass is 79.9. The molecule has 0 spiro atoms. The van der Waals surface area contributed by atoms with Crippen LogP contribution in [0.4, 0.5) is 0 Å². The molecule has 4 heteroatoms. The van der Waals surface area contributed by atoms with Crippen molar-refractivity contribution >= 4 is 15.9 Å². The van der Waals surface area contributed by atoms with Crippen molar-refractivity contribution in [3.8, 4) is 5.75 Å². The maximum atomic E-state index is 5.95. The summed E-state index contributed by atoms with van der Waals surface area (Å²) in [5.41, 5.74) is 1.27. The molecule has 0 fully saturated rings. The van der Waals surface area contributed by atoms with Crippen LogP contribution in [-0.2, 0) is 0 Å². The summed E-state index contributed by atoms with van der Waals surface area (Å²) in [6, 6.07) is 6.64. The molecule has 1 aromatic rings. The summed E-state index contributed by atoms with van der Waals surface area (Å²) in [5.74, 6) is 0.896. The predicted octanol–water partition coefficient (Wildman–Crippen LogP) is 3.84. The van der Waals surface area contributed by atoms with E-state index in [0.717, 1.165) is 16.8 Å². The summed E-state index contributed by atoms with van der Waals surface area (Å²) >= 11 is 3.60. The van der Waals surface area contributed by atoms with E-state index in [2.05, 4.69) is 80.1 Å². The Hall–Kier alpha value is -0.580. The molecule has 1 atom stereocenters. The number of likely N-dealkylation sites (N-methyl/N-ethyl adjacent to an activating group) is 1. The molecule has 0 bridgehead atoms. The van der Waals surface area contributed by atoms with Crippen molar-refractivity contribution < 1.29 is 4.74 Å². The maximum Gasteiger partial charge on any atom is 0.133 e. The van der Waals surface area contributed by atoms with Crippen molar-refractivity contribution in [2.75, 3.05) is 27.2 Å². The molecule has 1 N–H and O–H groups in total. The summed E-state index contributed by atoms with van der Waals surface area (Å²) in [6.07, 6.45) is 0. The molecule has 1 rings (SSSR count). The topological polar surface area (TPSA) is 24.5 Å². The number of rotatable bonds is 7. The average Bonchev–Trinajstić information content (AvgIpc) is 2.37. The molecule has 0 aliphatic carbocycles. The number of hydrogen-bond acceptors (Lipinski definition) is 3. The number of nitrogens with one attached hydrogen (secondary N) is 1. The van der Waals surface area contributed by atoms with Gasteiger partial charge in [-0.15, -0.1) is 0 Å². The van der Waals surface area contributed by atoms with Crippen LogP contribution >= 0.6 is 15.9 Å². The van der Waals surface area contributed by atoms with Gasteiger partial charge in [-0.2, -0.15) is 0 Å². The standard InChI is InChI=1S/C16H27BrN2O/c1-7-18-12(2)13-8-9-15(14(17)10-13)20-11-16(3,4)19(5)6/h8-10,12,18H,7,11H2,1-6H3. The Morgan fingerprint density at radius 2 is 2.00 bits per heavy atom. The molecule has 0 amide bonds. The molecule has 0 aliphatic heterocycles. The van der Waals surface area contributed by atoms with E-state index in [-0.39, 0.29) is 5.54 Å². The molecular formula is C16H27BrN2O. The second-order valence-electron chi connectivity index (χ2n) is 5.96. The zero-order valence-electron chi connectivity index (χ0n) is 13.5. The van der Waals surface area contributed by atoms with E-state index in [0.29, 0.717) is 12.6 Å². The fourth-order valence-electron chi connectivity index (χ4n) is 1.71. The summed E-state index contributed by atoms with van der Waals surface area (Å²) in [7, 11) is 4.14. The van der Waals surface area contributed by atoms with E-state index in [1.807, 2.05) is 6.07 Å². The van der Waals surface area contributed by atoms with Crippen molar-refractivity contribution in [2.24, 2.45) is 0 Å². The minimum absolute atomic E-state index is 0.00910. The second-order valence-corrected chi connectivity index (χ2v) is 6.82. The quantitative estimate of drug-likeness (QED) is 0.814. The van der Waals surface area contributed by atoms with Gasteiger partial charge in [0.25, 0.3) is 0 Å². The monoisotopic (exact) mass is 342 g/mol. The van der Waals surface area contributed by atoms with Crippen molar-refractivity contribution in [3.05, 3.63) is 28.2 Å². The molecule has 3 nitrogen and oxygen atoms in total. The first kappa shape index (κ1) is 17.5. The van der Waals surface area contributed by atoms with Gasteiger partial charge in [-0.05, 0) is 75.0 Å². The first-order valence-electron chi connectivity index (χ1n) is 7.11. The van der Waals surface area contributed by atoms with Crippen molar-refractivity contribution in [1.82, 2.24) is 10.2 Å². The largest absolute Gasteiger partial charge is 0.491 e. The van der Waals surface area contributed by atoms with Gasteiger partial charge in [0.05, 0.1) is 4.47 Å². The predicted molar refractivity (Wildman–Crippen MR) is 89.5 cm³/mol. The minimum atomic E-state index is 0.00910. The van der Waals surface area contributed by atoms with Gasteiger partial charge >= 0.3 is 0 Å². The van der Waals surface area contributed by atoms with Crippen LogP contribution in [0, 0.1) is 0 Å². The molecule has 20 heavy (non-hydrogen) atoms. The lowest BCUT2D eigenvalue weighted by Crippen LogP contribution is -2.43. The van der Waals surface area contributed by atoms with Crippen LogP contribution in [0.3, 0.4) is 0 Å². The summed E-state index contributed by atoms with van der Waals surface area (Å²) in [6.45, 7) is 10.2. The molecule has 0 aliphatic rings. The summed E-state index contributed by atoms with van der Waals surface area (Å²) in [5, 5.41) is 3.41. The van der Waals surface area contributed by atoms with E-state index in [9.17, 15) is 0 Å². The lowest BCUT2D eigenvalue weighted by atomic mass is 10.1. The average molecular weight is 343 g/mol. The van der Waals surface area contributed by atoms with Gasteiger partial charge in [0.15, 0.2) is 0 Å². The molecule has 0 aromatic heterocycles. The van der Waals surface area contributed by atoms with E-state index >= 15 is 0 Å². The number of benzene rings is 1. The van der Waals surface area contributed by atoms with Gasteiger partial charge in [-0.3, -0.25) is 0 Å². The highest BCUT2D eigenvalue weighted by molar-refractivity contribution is 9.10. The molecule has 1 aromatic carbocycles. The smallest absolute Gasteiger partial charge is 0.133 e. The maximum absolute atomic E-state index is 5.95. The first-order chi connectivity index (χ1) is 9.27. The van der Waals surface area contributed by atoms with Gasteiger partial charge in [0, 0.05) is 11.6 Å². The second kappa shape index (κ2) is 7.43. The molecule has 114 valence electrons. The highest BCUT2D eigenvalue weighted by Crippen LogP contribution is 2.29. The van der Waals surface area contributed by atoms with Gasteiger partial charge in [-0.1, -0.05) is 13.0 Å². The number of halogens is 1. The van der Waals surface area contributed by atoms with Crippen molar-refractivity contribution in [2.45, 2.75) is 39.3 Å². The zero-order chi connectivity index (χ0) is 15.3.